The van der Waals surface area contributed by atoms with Crippen molar-refractivity contribution in [2.45, 2.75) is 11.9 Å². The van der Waals surface area contributed by atoms with Crippen molar-refractivity contribution >= 4 is 31.9 Å². The van der Waals surface area contributed by atoms with Gasteiger partial charge in [0.25, 0.3) is 0 Å². The van der Waals surface area contributed by atoms with Gasteiger partial charge in [0.2, 0.25) is 0 Å². The molecule has 0 heterocycles. The summed E-state index contributed by atoms with van der Waals surface area (Å²) in [6.07, 6.45) is 0. The fraction of sp³-hybridized carbons (Fsp3) is 0.250. The molecule has 3 heteroatoms. The molecule has 0 atom stereocenters. The number of alkyl halides is 1. The first kappa shape index (κ1) is 9.23. The monoisotopic (exact) mass is 278 g/mol. The number of hydrogen-bond donors (Lipinski definition) is 1. The van der Waals surface area contributed by atoms with E-state index >= 15 is 0 Å². The van der Waals surface area contributed by atoms with Gasteiger partial charge in [0.05, 0.1) is 6.61 Å². The van der Waals surface area contributed by atoms with Crippen LogP contribution in [0.4, 0.5) is 0 Å². The second-order valence-corrected chi connectivity index (χ2v) is 3.63. The van der Waals surface area contributed by atoms with Crippen molar-refractivity contribution in [1.82, 2.24) is 0 Å². The molecule has 1 nitrogen and oxygen atoms in total. The predicted molar refractivity (Wildman–Crippen MR) is 52.7 cm³/mol. The summed E-state index contributed by atoms with van der Waals surface area (Å²) in [5.41, 5.74) is 2.11. The molecular formula is C8H8Br2O. The van der Waals surface area contributed by atoms with Crippen molar-refractivity contribution in [2.75, 3.05) is 0 Å². The van der Waals surface area contributed by atoms with Crippen LogP contribution < -0.4 is 0 Å². The lowest BCUT2D eigenvalue weighted by molar-refractivity contribution is 0.281. The van der Waals surface area contributed by atoms with Gasteiger partial charge in [-0.25, -0.2) is 0 Å². The molecule has 0 bridgehead atoms. The van der Waals surface area contributed by atoms with Gasteiger partial charge in [-0.15, -0.1) is 0 Å². The van der Waals surface area contributed by atoms with Gasteiger partial charge in [-0.3, -0.25) is 0 Å². The number of aliphatic hydroxyl groups is 1. The highest BCUT2D eigenvalue weighted by atomic mass is 79.9. The van der Waals surface area contributed by atoms with Crippen LogP contribution in [0.25, 0.3) is 0 Å². The summed E-state index contributed by atoms with van der Waals surface area (Å²) < 4.78 is 1.08. The highest BCUT2D eigenvalue weighted by molar-refractivity contribution is 9.10. The topological polar surface area (TPSA) is 20.2 Å². The number of benzene rings is 1. The van der Waals surface area contributed by atoms with E-state index in [4.69, 9.17) is 5.11 Å². The van der Waals surface area contributed by atoms with E-state index in [0.717, 1.165) is 20.9 Å². The maximum Gasteiger partial charge on any atom is 0.0681 e. The van der Waals surface area contributed by atoms with E-state index < -0.39 is 0 Å². The maximum absolute atomic E-state index is 8.82. The van der Waals surface area contributed by atoms with Crippen LogP contribution in [0.15, 0.2) is 22.7 Å². The molecule has 0 aliphatic carbocycles. The molecule has 0 saturated carbocycles. The molecule has 0 aromatic heterocycles. The Morgan fingerprint density at radius 2 is 2.09 bits per heavy atom. The molecule has 0 saturated heterocycles. The van der Waals surface area contributed by atoms with E-state index in [1.807, 2.05) is 18.2 Å². The third-order valence-corrected chi connectivity index (χ3v) is 2.81. The molecule has 0 amide bonds. The van der Waals surface area contributed by atoms with Crippen molar-refractivity contribution in [1.29, 1.82) is 0 Å². The molecule has 1 aromatic rings. The molecule has 0 aliphatic heterocycles. The number of halogens is 2. The molecule has 0 spiro atoms. The van der Waals surface area contributed by atoms with Crippen molar-refractivity contribution in [3.8, 4) is 0 Å². The average Bonchev–Trinajstić information content (AvgIpc) is 2.05. The van der Waals surface area contributed by atoms with E-state index in [1.165, 1.54) is 0 Å². The first-order valence-corrected chi connectivity index (χ1v) is 5.13. The van der Waals surface area contributed by atoms with E-state index in [-0.39, 0.29) is 6.61 Å². The lowest BCUT2D eigenvalue weighted by atomic mass is 10.1. The number of aliphatic hydroxyl groups excluding tert-OH is 1. The lowest BCUT2D eigenvalue weighted by Crippen LogP contribution is -1.86. The normalized spacial score (nSPS) is 10.1. The third-order valence-electron chi connectivity index (χ3n) is 1.44. The molecule has 1 N–H and O–H groups in total. The number of hydrogen-bond acceptors (Lipinski definition) is 1. The van der Waals surface area contributed by atoms with E-state index in [0.29, 0.717) is 0 Å². The minimum Gasteiger partial charge on any atom is -0.392 e. The number of rotatable bonds is 2. The quantitative estimate of drug-likeness (QED) is 0.826. The van der Waals surface area contributed by atoms with Gasteiger partial charge in [-0.2, -0.15) is 0 Å². The van der Waals surface area contributed by atoms with Crippen LogP contribution in [-0.4, -0.2) is 5.11 Å². The Hall–Kier alpha value is 0.140. The molecule has 60 valence electrons. The van der Waals surface area contributed by atoms with Gasteiger partial charge in [0, 0.05) is 9.80 Å². The Balaban J connectivity index is 3.02. The van der Waals surface area contributed by atoms with Crippen molar-refractivity contribution in [3.05, 3.63) is 33.8 Å². The predicted octanol–water partition coefficient (Wildman–Crippen LogP) is 2.84. The fourth-order valence-electron chi connectivity index (χ4n) is 0.829. The van der Waals surface area contributed by atoms with Crippen molar-refractivity contribution in [3.63, 3.8) is 0 Å². The van der Waals surface area contributed by atoms with E-state index in [2.05, 4.69) is 31.9 Å². The van der Waals surface area contributed by atoms with Crippen molar-refractivity contribution in [2.24, 2.45) is 0 Å². The van der Waals surface area contributed by atoms with Gasteiger partial charge < -0.3 is 5.11 Å². The molecule has 0 aliphatic rings. The Kier molecular flexibility index (Phi) is 3.55. The summed E-state index contributed by atoms with van der Waals surface area (Å²) >= 11 is 6.77. The summed E-state index contributed by atoms with van der Waals surface area (Å²) in [5, 5.41) is 9.62. The zero-order valence-corrected chi connectivity index (χ0v) is 9.02. The van der Waals surface area contributed by atoms with E-state index in [1.54, 1.807) is 0 Å². The first-order valence-electron chi connectivity index (χ1n) is 3.22. The lowest BCUT2D eigenvalue weighted by Gasteiger charge is -2.01. The molecule has 0 fully saturated rings. The van der Waals surface area contributed by atoms with Crippen LogP contribution in [0, 0.1) is 0 Å². The average molecular weight is 280 g/mol. The Morgan fingerprint density at radius 1 is 1.36 bits per heavy atom. The first-order chi connectivity index (χ1) is 5.27. The highest BCUT2D eigenvalue weighted by Gasteiger charge is 1.98. The van der Waals surface area contributed by atoms with Crippen LogP contribution >= 0.6 is 31.9 Å². The standard InChI is InChI=1S/C8H8Br2O/c9-4-7-3-6(5-11)1-2-8(7)10/h1-3,11H,4-5H2. The second-order valence-electron chi connectivity index (χ2n) is 2.22. The Morgan fingerprint density at radius 3 is 2.64 bits per heavy atom. The molecular weight excluding hydrogens is 272 g/mol. The Bertz CT molecular complexity index is 248. The summed E-state index contributed by atoms with van der Waals surface area (Å²) in [6.45, 7) is 0.104. The van der Waals surface area contributed by atoms with Crippen LogP contribution in [0.3, 0.4) is 0 Å². The third kappa shape index (κ3) is 2.29. The zero-order valence-electron chi connectivity index (χ0n) is 5.85. The van der Waals surface area contributed by atoms with Crippen molar-refractivity contribution < 1.29 is 5.11 Å². The fourth-order valence-corrected chi connectivity index (χ4v) is 2.06. The van der Waals surface area contributed by atoms with Gasteiger partial charge in [0.1, 0.15) is 0 Å². The van der Waals surface area contributed by atoms with Crippen LogP contribution in [-0.2, 0) is 11.9 Å². The molecule has 1 aromatic carbocycles. The maximum atomic E-state index is 8.82. The van der Waals surface area contributed by atoms with Gasteiger partial charge in [-0.1, -0.05) is 44.0 Å². The zero-order chi connectivity index (χ0) is 8.27. The molecule has 1 rings (SSSR count). The summed E-state index contributed by atoms with van der Waals surface area (Å²) in [6, 6.07) is 5.82. The van der Waals surface area contributed by atoms with Crippen LogP contribution in [0.5, 0.6) is 0 Å². The van der Waals surface area contributed by atoms with Gasteiger partial charge >= 0.3 is 0 Å². The van der Waals surface area contributed by atoms with E-state index in [9.17, 15) is 0 Å². The summed E-state index contributed by atoms with van der Waals surface area (Å²) in [5.74, 6) is 0. The van der Waals surface area contributed by atoms with Crippen LogP contribution in [0.1, 0.15) is 11.1 Å². The van der Waals surface area contributed by atoms with Gasteiger partial charge in [0.15, 0.2) is 0 Å². The SMILES string of the molecule is OCc1ccc(Br)c(CBr)c1. The molecule has 0 radical (unpaired) electrons. The largest absolute Gasteiger partial charge is 0.392 e. The van der Waals surface area contributed by atoms with Gasteiger partial charge in [-0.05, 0) is 17.2 Å². The molecule has 11 heavy (non-hydrogen) atoms. The summed E-state index contributed by atoms with van der Waals surface area (Å²) in [7, 11) is 0. The minimum atomic E-state index is 0.104. The molecule has 0 unspecified atom stereocenters. The smallest absolute Gasteiger partial charge is 0.0681 e. The minimum absolute atomic E-state index is 0.104. The second kappa shape index (κ2) is 4.24. The van der Waals surface area contributed by atoms with Crippen LogP contribution in [0.2, 0.25) is 0 Å². The summed E-state index contributed by atoms with van der Waals surface area (Å²) in [4.78, 5) is 0. The highest BCUT2D eigenvalue weighted by Crippen LogP contribution is 2.20. The Labute approximate surface area is 82.7 Å².